The molecule has 6 rings (SSSR count). The molecule has 0 unspecified atom stereocenters. The molecule has 3 amide bonds. The average molecular weight is 742 g/mol. The predicted molar refractivity (Wildman–Crippen MR) is 192 cm³/mol. The van der Waals surface area contributed by atoms with E-state index in [1.807, 2.05) is 60.7 Å². The Kier molecular flexibility index (Phi) is 11.9. The minimum absolute atomic E-state index is 0.152. The summed E-state index contributed by atoms with van der Waals surface area (Å²) in [6.07, 6.45) is -2.19. The first kappa shape index (κ1) is 39.8. The highest BCUT2D eigenvalue weighted by atomic mass is 19.1. The summed E-state index contributed by atoms with van der Waals surface area (Å²) in [6.45, 7) is 11.8. The Hall–Kier alpha value is -4.42. The van der Waals surface area contributed by atoms with E-state index in [9.17, 15) is 28.0 Å². The number of halogens is 2. The van der Waals surface area contributed by atoms with Crippen LogP contribution in [0, 0.1) is 17.3 Å². The first-order valence-corrected chi connectivity index (χ1v) is 18.3. The number of fused-ring (bicyclic) bond motifs is 2. The van der Waals surface area contributed by atoms with Crippen molar-refractivity contribution in [2.24, 2.45) is 17.3 Å². The molecule has 0 aromatic heterocycles. The van der Waals surface area contributed by atoms with Gasteiger partial charge in [-0.15, -0.1) is 0 Å². The van der Waals surface area contributed by atoms with E-state index in [4.69, 9.17) is 18.9 Å². The number of hydrogen-bond donors (Lipinski definition) is 1. The van der Waals surface area contributed by atoms with E-state index in [0.29, 0.717) is 25.7 Å². The SMILES string of the molecule is CC(C)(C)OC(=O)N[C@@]12CC[C@H](F)[C@@H]1CN(C(=O)OCc1ccccc1)C2.CC(C)(C)OC(=O)[C@@]12CC[C@H](F)[C@@H]1CN(C(=O)OCc1ccccc1)C2. The highest BCUT2D eigenvalue weighted by Gasteiger charge is 2.61. The molecule has 1 N–H and O–H groups in total. The second-order valence-electron chi connectivity index (χ2n) is 16.6. The van der Waals surface area contributed by atoms with E-state index < -0.39 is 70.6 Å². The van der Waals surface area contributed by atoms with E-state index in [0.717, 1.165) is 11.1 Å². The van der Waals surface area contributed by atoms with Crippen LogP contribution in [0.25, 0.3) is 0 Å². The molecule has 2 aliphatic carbocycles. The van der Waals surface area contributed by atoms with E-state index >= 15 is 0 Å². The van der Waals surface area contributed by atoms with Gasteiger partial charge in [0.25, 0.3) is 0 Å². The summed E-state index contributed by atoms with van der Waals surface area (Å²) in [6, 6.07) is 18.7. The number of amides is 3. The predicted octanol–water partition coefficient (Wildman–Crippen LogP) is 7.37. The third-order valence-corrected chi connectivity index (χ3v) is 10.3. The zero-order valence-electron chi connectivity index (χ0n) is 31.6. The number of likely N-dealkylation sites (tertiary alicyclic amines) is 2. The standard InChI is InChI=1S/C20H27FN2O4.C20H26FNO4/c1-19(2,3)27-17(24)22-20-10-9-16(21)15(20)11-23(13-20)18(25)26-12-14-7-5-4-6-8-14;1-19(2,3)26-17(23)20-10-9-16(21)15(20)11-22(13-20)18(24)25-12-14-7-5-4-6-8-14/h4-8,15-16H,9-13H2,1-3H3,(H,22,24);4-8,15-16H,9-13H2,1-3H3/t2*15-,16-,20+/m00/s1. The smallest absolute Gasteiger partial charge is 0.410 e. The van der Waals surface area contributed by atoms with Gasteiger partial charge in [0, 0.05) is 38.0 Å². The van der Waals surface area contributed by atoms with Gasteiger partial charge in [-0.2, -0.15) is 0 Å². The number of ether oxygens (including phenoxy) is 4. The molecule has 2 aromatic rings. The first-order chi connectivity index (χ1) is 24.9. The van der Waals surface area contributed by atoms with Crippen molar-refractivity contribution in [3.05, 3.63) is 71.8 Å². The van der Waals surface area contributed by atoms with Crippen LogP contribution in [-0.2, 0) is 37.0 Å². The van der Waals surface area contributed by atoms with Crippen LogP contribution < -0.4 is 5.32 Å². The van der Waals surface area contributed by atoms with Gasteiger partial charge >= 0.3 is 24.2 Å². The van der Waals surface area contributed by atoms with Crippen molar-refractivity contribution in [1.82, 2.24) is 15.1 Å². The Balaban J connectivity index is 0.000000204. The van der Waals surface area contributed by atoms with Crippen LogP contribution in [0.1, 0.15) is 78.4 Å². The highest BCUT2D eigenvalue weighted by Crippen LogP contribution is 2.51. The van der Waals surface area contributed by atoms with Crippen LogP contribution in [0.3, 0.4) is 0 Å². The number of nitrogens with zero attached hydrogens (tertiary/aromatic N) is 2. The number of benzene rings is 2. The Morgan fingerprint density at radius 2 is 1.17 bits per heavy atom. The second-order valence-corrected chi connectivity index (χ2v) is 16.6. The van der Waals surface area contributed by atoms with Crippen molar-refractivity contribution in [3.63, 3.8) is 0 Å². The van der Waals surface area contributed by atoms with Crippen LogP contribution in [0.15, 0.2) is 60.7 Å². The summed E-state index contributed by atoms with van der Waals surface area (Å²) < 4.78 is 50.4. The number of esters is 1. The molecule has 6 atom stereocenters. The molecule has 2 heterocycles. The van der Waals surface area contributed by atoms with Gasteiger partial charge in [0.15, 0.2) is 0 Å². The third kappa shape index (κ3) is 9.77. The molecule has 4 fully saturated rings. The van der Waals surface area contributed by atoms with E-state index in [1.54, 1.807) is 41.5 Å². The van der Waals surface area contributed by atoms with Crippen molar-refractivity contribution >= 4 is 24.2 Å². The quantitative estimate of drug-likeness (QED) is 0.241. The minimum Gasteiger partial charge on any atom is -0.459 e. The Labute approximate surface area is 310 Å². The zero-order chi connectivity index (χ0) is 38.6. The molecule has 0 bridgehead atoms. The summed E-state index contributed by atoms with van der Waals surface area (Å²) in [4.78, 5) is 52.9. The minimum atomic E-state index is -1.10. The molecular formula is C40H53F2N3O8. The molecule has 2 saturated carbocycles. The van der Waals surface area contributed by atoms with E-state index in [1.165, 1.54) is 9.80 Å². The normalized spacial score (nSPS) is 27.5. The van der Waals surface area contributed by atoms with Crippen molar-refractivity contribution in [2.45, 2.75) is 110 Å². The molecule has 13 heteroatoms. The second kappa shape index (κ2) is 15.9. The summed E-state index contributed by atoms with van der Waals surface area (Å²) in [5, 5.41) is 2.85. The molecule has 0 spiro atoms. The van der Waals surface area contributed by atoms with Gasteiger partial charge in [-0.25, -0.2) is 23.2 Å². The fourth-order valence-corrected chi connectivity index (χ4v) is 7.81. The van der Waals surface area contributed by atoms with Gasteiger partial charge in [0.1, 0.15) is 36.8 Å². The lowest BCUT2D eigenvalue weighted by Gasteiger charge is -2.31. The van der Waals surface area contributed by atoms with Gasteiger partial charge in [-0.3, -0.25) is 4.79 Å². The number of nitrogens with one attached hydrogen (secondary N) is 1. The molecule has 2 saturated heterocycles. The molecule has 4 aliphatic rings. The summed E-state index contributed by atoms with van der Waals surface area (Å²) in [7, 11) is 0. The largest absolute Gasteiger partial charge is 0.459 e. The molecule has 2 aromatic carbocycles. The van der Waals surface area contributed by atoms with Gasteiger partial charge in [-0.1, -0.05) is 60.7 Å². The highest BCUT2D eigenvalue weighted by molar-refractivity contribution is 5.81. The maximum absolute atomic E-state index is 14.4. The summed E-state index contributed by atoms with van der Waals surface area (Å²) in [5.41, 5.74) is -1.28. The van der Waals surface area contributed by atoms with E-state index in [2.05, 4.69) is 5.32 Å². The van der Waals surface area contributed by atoms with Gasteiger partial charge < -0.3 is 34.1 Å². The lowest BCUT2D eigenvalue weighted by molar-refractivity contribution is -0.168. The number of carbonyl (C=O) groups is 4. The average Bonchev–Trinajstić information content (AvgIpc) is 3.82. The van der Waals surface area contributed by atoms with E-state index in [-0.39, 0.29) is 39.4 Å². The van der Waals surface area contributed by atoms with Gasteiger partial charge in [0.2, 0.25) is 0 Å². The van der Waals surface area contributed by atoms with Crippen LogP contribution in [0.4, 0.5) is 23.2 Å². The molecule has 0 radical (unpaired) electrons. The Morgan fingerprint density at radius 1 is 0.698 bits per heavy atom. The maximum Gasteiger partial charge on any atom is 0.410 e. The van der Waals surface area contributed by atoms with Crippen LogP contribution >= 0.6 is 0 Å². The van der Waals surface area contributed by atoms with Crippen molar-refractivity contribution in [1.29, 1.82) is 0 Å². The zero-order valence-corrected chi connectivity index (χ0v) is 31.6. The summed E-state index contributed by atoms with van der Waals surface area (Å²) >= 11 is 0. The van der Waals surface area contributed by atoms with Crippen molar-refractivity contribution in [3.8, 4) is 0 Å². The Morgan fingerprint density at radius 3 is 1.70 bits per heavy atom. The third-order valence-electron chi connectivity index (χ3n) is 10.3. The van der Waals surface area contributed by atoms with Crippen molar-refractivity contribution in [2.75, 3.05) is 26.2 Å². The Bertz CT molecular complexity index is 1600. The molecule has 53 heavy (non-hydrogen) atoms. The monoisotopic (exact) mass is 741 g/mol. The fourth-order valence-electron chi connectivity index (χ4n) is 7.81. The van der Waals surface area contributed by atoms with Gasteiger partial charge in [-0.05, 0) is 78.4 Å². The molecule has 290 valence electrons. The van der Waals surface area contributed by atoms with Crippen molar-refractivity contribution < 1.29 is 46.9 Å². The molecule has 11 nitrogen and oxygen atoms in total. The number of hydrogen-bond acceptors (Lipinski definition) is 8. The lowest BCUT2D eigenvalue weighted by atomic mass is 9.80. The first-order valence-electron chi connectivity index (χ1n) is 18.3. The number of alkyl carbamates (subject to hydrolysis) is 1. The maximum atomic E-state index is 14.4. The summed E-state index contributed by atoms with van der Waals surface area (Å²) in [5.74, 6) is -1.38. The van der Waals surface area contributed by atoms with Crippen LogP contribution in [0.2, 0.25) is 0 Å². The lowest BCUT2D eigenvalue weighted by Crippen LogP contribution is -2.54. The topological polar surface area (TPSA) is 124 Å². The van der Waals surface area contributed by atoms with Crippen LogP contribution in [0.5, 0.6) is 0 Å². The molecular weight excluding hydrogens is 688 g/mol. The van der Waals surface area contributed by atoms with Gasteiger partial charge in [0.05, 0.1) is 11.0 Å². The van der Waals surface area contributed by atoms with Crippen LogP contribution in [-0.4, -0.2) is 89.3 Å². The number of carbonyl (C=O) groups excluding carboxylic acids is 4. The fraction of sp³-hybridized carbons (Fsp3) is 0.600. The molecule has 2 aliphatic heterocycles. The number of alkyl halides is 2. The number of rotatable bonds is 6.